The van der Waals surface area contributed by atoms with Crippen molar-refractivity contribution in [3.8, 4) is 0 Å². The number of benzene rings is 1. The average molecular weight is 303 g/mol. The molecule has 2 aliphatic rings. The van der Waals surface area contributed by atoms with E-state index in [1.165, 1.54) is 17.5 Å². The SMILES string of the molecule is Clc1ccc2c(c1)CC[C@H]2NCCc1nnc2n1CCC2. The van der Waals surface area contributed by atoms with Crippen molar-refractivity contribution in [2.24, 2.45) is 0 Å². The van der Waals surface area contributed by atoms with Gasteiger partial charge < -0.3 is 9.88 Å². The molecule has 1 aliphatic heterocycles. The minimum atomic E-state index is 0.457. The molecule has 5 heteroatoms. The van der Waals surface area contributed by atoms with Gasteiger partial charge in [-0.05, 0) is 42.5 Å². The summed E-state index contributed by atoms with van der Waals surface area (Å²) in [6, 6.07) is 6.71. The lowest BCUT2D eigenvalue weighted by atomic mass is 10.1. The van der Waals surface area contributed by atoms with Crippen molar-refractivity contribution in [2.75, 3.05) is 6.54 Å². The molecule has 4 nitrogen and oxygen atoms in total. The molecule has 2 heterocycles. The molecular formula is C16H19ClN4. The highest BCUT2D eigenvalue weighted by molar-refractivity contribution is 6.30. The van der Waals surface area contributed by atoms with Gasteiger partial charge in [-0.2, -0.15) is 0 Å². The fourth-order valence-electron chi connectivity index (χ4n) is 3.55. The molecule has 4 rings (SSSR count). The third-order valence-corrected chi connectivity index (χ3v) is 4.84. The van der Waals surface area contributed by atoms with Gasteiger partial charge in [0, 0.05) is 37.0 Å². The molecule has 0 fully saturated rings. The van der Waals surface area contributed by atoms with Crippen LogP contribution in [-0.4, -0.2) is 21.3 Å². The lowest BCUT2D eigenvalue weighted by molar-refractivity contribution is 0.523. The zero-order valence-electron chi connectivity index (χ0n) is 12.0. The smallest absolute Gasteiger partial charge is 0.134 e. The van der Waals surface area contributed by atoms with Gasteiger partial charge in [-0.1, -0.05) is 17.7 Å². The van der Waals surface area contributed by atoms with E-state index in [0.29, 0.717) is 6.04 Å². The third kappa shape index (κ3) is 2.47. The Morgan fingerprint density at radius 1 is 1.29 bits per heavy atom. The number of nitrogens with zero attached hydrogens (tertiary/aromatic N) is 3. The first-order valence-corrected chi connectivity index (χ1v) is 8.12. The monoisotopic (exact) mass is 302 g/mol. The number of hydrogen-bond donors (Lipinski definition) is 1. The average Bonchev–Trinajstić information content (AvgIpc) is 3.15. The molecule has 1 aromatic heterocycles. The summed E-state index contributed by atoms with van der Waals surface area (Å²) in [5.41, 5.74) is 2.80. The van der Waals surface area contributed by atoms with Gasteiger partial charge in [0.1, 0.15) is 11.6 Å². The summed E-state index contributed by atoms with van der Waals surface area (Å²) >= 11 is 6.06. The van der Waals surface area contributed by atoms with E-state index in [1.54, 1.807) is 0 Å². The summed E-state index contributed by atoms with van der Waals surface area (Å²) in [6.07, 6.45) is 5.52. The molecule has 2 aromatic rings. The maximum Gasteiger partial charge on any atom is 0.134 e. The van der Waals surface area contributed by atoms with E-state index in [1.807, 2.05) is 6.07 Å². The predicted octanol–water partition coefficient (Wildman–Crippen LogP) is 2.70. The Kier molecular flexibility index (Phi) is 3.43. The molecular weight excluding hydrogens is 284 g/mol. The second-order valence-corrected chi connectivity index (χ2v) is 6.36. The van der Waals surface area contributed by atoms with Crippen LogP contribution in [0.5, 0.6) is 0 Å². The molecule has 0 saturated heterocycles. The van der Waals surface area contributed by atoms with Crippen LogP contribution in [-0.2, 0) is 25.8 Å². The van der Waals surface area contributed by atoms with Crippen molar-refractivity contribution in [3.63, 3.8) is 0 Å². The van der Waals surface area contributed by atoms with Gasteiger partial charge in [0.15, 0.2) is 0 Å². The molecule has 1 N–H and O–H groups in total. The molecule has 0 spiro atoms. The number of nitrogens with one attached hydrogen (secondary N) is 1. The molecule has 1 atom stereocenters. The fourth-order valence-corrected chi connectivity index (χ4v) is 3.75. The Morgan fingerprint density at radius 3 is 3.19 bits per heavy atom. The molecule has 0 unspecified atom stereocenters. The van der Waals surface area contributed by atoms with Crippen LogP contribution in [0.4, 0.5) is 0 Å². The summed E-state index contributed by atoms with van der Waals surface area (Å²) < 4.78 is 2.28. The zero-order valence-corrected chi connectivity index (χ0v) is 12.7. The van der Waals surface area contributed by atoms with Crippen LogP contribution in [0, 0.1) is 0 Å². The first-order chi connectivity index (χ1) is 10.3. The number of aromatic nitrogens is 3. The Hall–Kier alpha value is -1.39. The summed E-state index contributed by atoms with van der Waals surface area (Å²) in [5.74, 6) is 2.29. The van der Waals surface area contributed by atoms with Crippen LogP contribution in [0.25, 0.3) is 0 Å². The van der Waals surface area contributed by atoms with E-state index in [0.717, 1.165) is 55.4 Å². The number of rotatable bonds is 4. The standard InChI is InChI=1S/C16H19ClN4/c17-12-4-5-13-11(10-12)3-6-14(13)18-8-7-16-20-19-15-2-1-9-21(15)16/h4-5,10,14,18H,1-3,6-9H2/t14-/m1/s1. The van der Waals surface area contributed by atoms with Gasteiger partial charge >= 0.3 is 0 Å². The van der Waals surface area contributed by atoms with E-state index in [2.05, 4.69) is 32.2 Å². The maximum absolute atomic E-state index is 6.06. The zero-order chi connectivity index (χ0) is 14.2. The molecule has 1 aromatic carbocycles. The largest absolute Gasteiger partial charge is 0.315 e. The summed E-state index contributed by atoms with van der Waals surface area (Å²) in [5, 5.41) is 13.1. The molecule has 0 radical (unpaired) electrons. The Labute approximate surface area is 129 Å². The highest BCUT2D eigenvalue weighted by Gasteiger charge is 2.22. The minimum absolute atomic E-state index is 0.457. The van der Waals surface area contributed by atoms with Gasteiger partial charge in [-0.25, -0.2) is 0 Å². The Bertz CT molecular complexity index is 664. The first kappa shape index (κ1) is 13.3. The number of fused-ring (bicyclic) bond motifs is 2. The van der Waals surface area contributed by atoms with Crippen LogP contribution < -0.4 is 5.32 Å². The van der Waals surface area contributed by atoms with Gasteiger partial charge in [0.2, 0.25) is 0 Å². The van der Waals surface area contributed by atoms with Crippen LogP contribution in [0.3, 0.4) is 0 Å². The fraction of sp³-hybridized carbons (Fsp3) is 0.500. The van der Waals surface area contributed by atoms with Crippen molar-refractivity contribution >= 4 is 11.6 Å². The second-order valence-electron chi connectivity index (χ2n) is 5.93. The molecule has 1 aliphatic carbocycles. The molecule has 110 valence electrons. The van der Waals surface area contributed by atoms with Crippen molar-refractivity contribution < 1.29 is 0 Å². The van der Waals surface area contributed by atoms with Crippen molar-refractivity contribution in [1.29, 1.82) is 0 Å². The summed E-state index contributed by atoms with van der Waals surface area (Å²) in [4.78, 5) is 0. The quantitative estimate of drug-likeness (QED) is 0.944. The van der Waals surface area contributed by atoms with E-state index in [-0.39, 0.29) is 0 Å². The van der Waals surface area contributed by atoms with E-state index in [4.69, 9.17) is 11.6 Å². The maximum atomic E-state index is 6.06. The lowest BCUT2D eigenvalue weighted by Gasteiger charge is -2.14. The van der Waals surface area contributed by atoms with E-state index in [9.17, 15) is 0 Å². The second kappa shape index (κ2) is 5.43. The number of halogens is 1. The molecule has 0 bridgehead atoms. The van der Waals surface area contributed by atoms with Gasteiger partial charge in [-0.15, -0.1) is 10.2 Å². The Balaban J connectivity index is 1.38. The third-order valence-electron chi connectivity index (χ3n) is 4.61. The predicted molar refractivity (Wildman–Crippen MR) is 82.6 cm³/mol. The minimum Gasteiger partial charge on any atom is -0.315 e. The highest BCUT2D eigenvalue weighted by Crippen LogP contribution is 2.32. The summed E-state index contributed by atoms with van der Waals surface area (Å²) in [7, 11) is 0. The van der Waals surface area contributed by atoms with E-state index >= 15 is 0 Å². The number of aryl methyl sites for hydroxylation is 2. The van der Waals surface area contributed by atoms with Crippen LogP contribution in [0.1, 0.15) is 41.7 Å². The van der Waals surface area contributed by atoms with Gasteiger partial charge in [-0.3, -0.25) is 0 Å². The van der Waals surface area contributed by atoms with Gasteiger partial charge in [0.05, 0.1) is 0 Å². The topological polar surface area (TPSA) is 42.7 Å². The van der Waals surface area contributed by atoms with Crippen LogP contribution in [0.2, 0.25) is 5.02 Å². The van der Waals surface area contributed by atoms with Crippen LogP contribution in [0.15, 0.2) is 18.2 Å². The highest BCUT2D eigenvalue weighted by atomic mass is 35.5. The normalized spacial score (nSPS) is 19.8. The number of hydrogen-bond acceptors (Lipinski definition) is 3. The Morgan fingerprint density at radius 2 is 2.24 bits per heavy atom. The molecule has 21 heavy (non-hydrogen) atoms. The van der Waals surface area contributed by atoms with Gasteiger partial charge in [0.25, 0.3) is 0 Å². The van der Waals surface area contributed by atoms with E-state index < -0.39 is 0 Å². The van der Waals surface area contributed by atoms with Crippen LogP contribution >= 0.6 is 11.6 Å². The van der Waals surface area contributed by atoms with Crippen molar-refractivity contribution in [3.05, 3.63) is 46.0 Å². The molecule has 0 amide bonds. The first-order valence-electron chi connectivity index (χ1n) is 7.74. The van der Waals surface area contributed by atoms with Crippen molar-refractivity contribution in [1.82, 2.24) is 20.1 Å². The molecule has 0 saturated carbocycles. The lowest BCUT2D eigenvalue weighted by Crippen LogP contribution is -2.23. The summed E-state index contributed by atoms with van der Waals surface area (Å²) in [6.45, 7) is 2.04. The van der Waals surface area contributed by atoms with Crippen molar-refractivity contribution in [2.45, 2.75) is 44.7 Å².